The van der Waals surface area contributed by atoms with Gasteiger partial charge in [0.15, 0.2) is 0 Å². The van der Waals surface area contributed by atoms with Gasteiger partial charge in [0.1, 0.15) is 0 Å². The molecule has 0 aliphatic heterocycles. The lowest BCUT2D eigenvalue weighted by molar-refractivity contribution is 0.267. The summed E-state index contributed by atoms with van der Waals surface area (Å²) in [7, 11) is 1.89. The lowest BCUT2D eigenvalue weighted by Gasteiger charge is -2.22. The summed E-state index contributed by atoms with van der Waals surface area (Å²) >= 11 is 0. The van der Waals surface area contributed by atoms with E-state index in [-0.39, 0.29) is 18.3 Å². The largest absolute Gasteiger partial charge is 0.395 e. The average Bonchev–Trinajstić information content (AvgIpc) is 2.67. The first kappa shape index (κ1) is 11.7. The minimum atomic E-state index is -0.277. The Bertz CT molecular complexity index is 560. The second-order valence-electron chi connectivity index (χ2n) is 4.13. The number of anilines is 1. The molecule has 0 aliphatic carbocycles. The van der Waals surface area contributed by atoms with Crippen LogP contribution in [0.3, 0.4) is 0 Å². The van der Waals surface area contributed by atoms with E-state index in [9.17, 15) is 4.79 Å². The van der Waals surface area contributed by atoms with Gasteiger partial charge in [0.25, 0.3) is 0 Å². The number of aromatic nitrogens is 2. The van der Waals surface area contributed by atoms with Gasteiger partial charge in [-0.1, -0.05) is 0 Å². The zero-order valence-electron chi connectivity index (χ0n) is 9.60. The van der Waals surface area contributed by atoms with Gasteiger partial charge in [-0.2, -0.15) is 0 Å². The highest BCUT2D eigenvalue weighted by atomic mass is 16.3. The Morgan fingerprint density at radius 3 is 2.82 bits per heavy atom. The van der Waals surface area contributed by atoms with E-state index in [4.69, 9.17) is 10.8 Å². The fourth-order valence-corrected chi connectivity index (χ4v) is 1.77. The number of rotatable bonds is 4. The summed E-state index contributed by atoms with van der Waals surface area (Å²) in [4.78, 5) is 18.4. The third-order valence-electron chi connectivity index (χ3n) is 2.68. The Balaban J connectivity index is 2.26. The molecule has 2 rings (SSSR count). The van der Waals surface area contributed by atoms with Crippen molar-refractivity contribution in [2.75, 3.05) is 25.1 Å². The number of hydrogen-bond donors (Lipinski definition) is 4. The lowest BCUT2D eigenvalue weighted by Crippen LogP contribution is -2.37. The highest BCUT2D eigenvalue weighted by molar-refractivity contribution is 5.78. The third kappa shape index (κ3) is 2.48. The number of fused-ring (bicyclic) bond motifs is 1. The van der Waals surface area contributed by atoms with E-state index in [0.29, 0.717) is 6.54 Å². The molecule has 1 aromatic heterocycles. The molecule has 0 saturated heterocycles. The Kier molecular flexibility index (Phi) is 3.16. The van der Waals surface area contributed by atoms with Crippen molar-refractivity contribution >= 4 is 16.7 Å². The van der Waals surface area contributed by atoms with E-state index in [1.807, 2.05) is 30.1 Å². The van der Waals surface area contributed by atoms with Crippen molar-refractivity contribution in [3.05, 3.63) is 28.7 Å². The van der Waals surface area contributed by atoms with Crippen LogP contribution in [0.15, 0.2) is 23.0 Å². The molecule has 6 heteroatoms. The molecule has 0 saturated carbocycles. The number of benzene rings is 1. The van der Waals surface area contributed by atoms with Gasteiger partial charge in [0, 0.05) is 25.3 Å². The summed E-state index contributed by atoms with van der Waals surface area (Å²) in [6.45, 7) is 0.504. The molecule has 1 aromatic carbocycles. The van der Waals surface area contributed by atoms with Crippen molar-refractivity contribution < 1.29 is 5.11 Å². The lowest BCUT2D eigenvalue weighted by atomic mass is 10.2. The average molecular weight is 236 g/mol. The number of nitrogens with zero attached hydrogens (tertiary/aromatic N) is 1. The van der Waals surface area contributed by atoms with Gasteiger partial charge in [-0.25, -0.2) is 4.79 Å². The summed E-state index contributed by atoms with van der Waals surface area (Å²) in [6.07, 6.45) is 0. The van der Waals surface area contributed by atoms with Gasteiger partial charge in [0.2, 0.25) is 0 Å². The molecule has 92 valence electrons. The van der Waals surface area contributed by atoms with Gasteiger partial charge in [-0.15, -0.1) is 0 Å². The molecule has 0 bridgehead atoms. The topological polar surface area (TPSA) is 98.1 Å². The van der Waals surface area contributed by atoms with Crippen LogP contribution < -0.4 is 16.3 Å². The number of nitrogens with two attached hydrogens (primary N) is 1. The smallest absolute Gasteiger partial charge is 0.323 e. The maximum absolute atomic E-state index is 11.1. The number of nitrogens with one attached hydrogen (secondary N) is 2. The zero-order chi connectivity index (χ0) is 12.4. The molecular weight excluding hydrogens is 220 g/mol. The van der Waals surface area contributed by atoms with Crippen molar-refractivity contribution in [3.8, 4) is 0 Å². The van der Waals surface area contributed by atoms with Gasteiger partial charge < -0.3 is 25.7 Å². The Hall–Kier alpha value is -1.79. The number of H-pyrrole nitrogens is 2. The normalized spacial score (nSPS) is 12.9. The zero-order valence-corrected chi connectivity index (χ0v) is 9.60. The molecule has 0 radical (unpaired) electrons. The van der Waals surface area contributed by atoms with Gasteiger partial charge in [-0.3, -0.25) is 0 Å². The number of likely N-dealkylation sites (N-methyl/N-ethyl adjacent to an activating group) is 1. The first-order valence-electron chi connectivity index (χ1n) is 5.40. The first-order chi connectivity index (χ1) is 8.10. The molecule has 0 amide bonds. The number of hydrogen-bond acceptors (Lipinski definition) is 4. The van der Waals surface area contributed by atoms with E-state index < -0.39 is 0 Å². The van der Waals surface area contributed by atoms with Gasteiger partial charge in [0.05, 0.1) is 17.6 Å². The van der Waals surface area contributed by atoms with Crippen LogP contribution in [0.4, 0.5) is 5.69 Å². The standard InChI is InChI=1S/C11H16N4O2/c1-15(5-7(12)6-16)8-2-3-9-10(4-8)14-11(17)13-9/h2-4,7,16H,5-6,12H2,1H3,(H2,13,14,17). The van der Waals surface area contributed by atoms with Crippen molar-refractivity contribution in [1.82, 2.24) is 9.97 Å². The van der Waals surface area contributed by atoms with Crippen LogP contribution in [0.1, 0.15) is 0 Å². The van der Waals surface area contributed by atoms with Crippen LogP contribution >= 0.6 is 0 Å². The molecule has 1 atom stereocenters. The van der Waals surface area contributed by atoms with E-state index in [2.05, 4.69) is 9.97 Å². The van der Waals surface area contributed by atoms with Crippen LogP contribution in [0.5, 0.6) is 0 Å². The molecule has 1 unspecified atom stereocenters. The van der Waals surface area contributed by atoms with Crippen LogP contribution in [0.25, 0.3) is 11.0 Å². The fourth-order valence-electron chi connectivity index (χ4n) is 1.77. The van der Waals surface area contributed by atoms with E-state index >= 15 is 0 Å². The highest BCUT2D eigenvalue weighted by Crippen LogP contribution is 2.17. The second kappa shape index (κ2) is 4.60. The van der Waals surface area contributed by atoms with E-state index in [0.717, 1.165) is 16.7 Å². The molecule has 6 nitrogen and oxygen atoms in total. The minimum Gasteiger partial charge on any atom is -0.395 e. The maximum Gasteiger partial charge on any atom is 0.323 e. The fraction of sp³-hybridized carbons (Fsp3) is 0.364. The predicted octanol–water partition coefficient (Wildman–Crippen LogP) is -0.388. The summed E-state index contributed by atoms with van der Waals surface area (Å²) in [5, 5.41) is 8.90. The number of aliphatic hydroxyl groups excluding tert-OH is 1. The Morgan fingerprint density at radius 1 is 1.41 bits per heavy atom. The molecule has 5 N–H and O–H groups in total. The molecule has 0 fully saturated rings. The molecule has 17 heavy (non-hydrogen) atoms. The van der Waals surface area contributed by atoms with Crippen molar-refractivity contribution in [3.63, 3.8) is 0 Å². The van der Waals surface area contributed by atoms with Crippen molar-refractivity contribution in [1.29, 1.82) is 0 Å². The first-order valence-corrected chi connectivity index (χ1v) is 5.40. The maximum atomic E-state index is 11.1. The molecule has 2 aromatic rings. The molecule has 0 spiro atoms. The SMILES string of the molecule is CN(CC(N)CO)c1ccc2[nH]c(=O)[nH]c2c1. The van der Waals surface area contributed by atoms with E-state index in [1.165, 1.54) is 0 Å². The summed E-state index contributed by atoms with van der Waals surface area (Å²) < 4.78 is 0. The summed E-state index contributed by atoms with van der Waals surface area (Å²) in [6, 6.07) is 5.33. The highest BCUT2D eigenvalue weighted by Gasteiger charge is 2.08. The summed E-state index contributed by atoms with van der Waals surface area (Å²) in [5.74, 6) is 0. The predicted molar refractivity (Wildman–Crippen MR) is 67.3 cm³/mol. The van der Waals surface area contributed by atoms with Crippen molar-refractivity contribution in [2.24, 2.45) is 5.73 Å². The Labute approximate surface area is 98.1 Å². The number of aromatic amines is 2. The monoisotopic (exact) mass is 236 g/mol. The third-order valence-corrected chi connectivity index (χ3v) is 2.68. The summed E-state index contributed by atoms with van der Waals surface area (Å²) in [5.41, 5.74) is 7.94. The number of imidazole rings is 1. The van der Waals surface area contributed by atoms with E-state index in [1.54, 1.807) is 0 Å². The van der Waals surface area contributed by atoms with Crippen LogP contribution in [0, 0.1) is 0 Å². The molecule has 0 aliphatic rings. The van der Waals surface area contributed by atoms with Crippen LogP contribution in [-0.4, -0.2) is 41.3 Å². The minimum absolute atomic E-state index is 0.0480. The number of aliphatic hydroxyl groups is 1. The second-order valence-corrected chi connectivity index (χ2v) is 4.13. The van der Waals surface area contributed by atoms with Gasteiger partial charge in [-0.05, 0) is 18.2 Å². The quantitative estimate of drug-likeness (QED) is 0.581. The van der Waals surface area contributed by atoms with Crippen molar-refractivity contribution in [2.45, 2.75) is 6.04 Å². The van der Waals surface area contributed by atoms with Crippen LogP contribution in [0.2, 0.25) is 0 Å². The Morgan fingerprint density at radius 2 is 2.12 bits per heavy atom. The van der Waals surface area contributed by atoms with Crippen LogP contribution in [-0.2, 0) is 0 Å². The molecule has 1 heterocycles. The molecular formula is C11H16N4O2. The van der Waals surface area contributed by atoms with Gasteiger partial charge >= 0.3 is 5.69 Å².